The van der Waals surface area contributed by atoms with E-state index in [-0.39, 0.29) is 5.92 Å². The molecule has 0 fully saturated rings. The van der Waals surface area contributed by atoms with E-state index in [9.17, 15) is 10.4 Å². The maximum absolute atomic E-state index is 9.72. The monoisotopic (exact) mass is 232 g/mol. The fourth-order valence-corrected chi connectivity index (χ4v) is 1.94. The molecule has 0 aliphatic rings. The first kappa shape index (κ1) is 13.7. The zero-order valence-electron chi connectivity index (χ0n) is 10.7. The minimum atomic E-state index is -0.731. The molecule has 1 aromatic carbocycles. The van der Waals surface area contributed by atoms with Crippen molar-refractivity contribution in [2.75, 3.05) is 20.1 Å². The van der Waals surface area contributed by atoms with Crippen molar-refractivity contribution in [1.82, 2.24) is 4.90 Å². The first-order chi connectivity index (χ1) is 7.92. The Morgan fingerprint density at radius 1 is 1.35 bits per heavy atom. The summed E-state index contributed by atoms with van der Waals surface area (Å²) in [6.45, 7) is 4.73. The van der Waals surface area contributed by atoms with Gasteiger partial charge in [0.1, 0.15) is 0 Å². The maximum Gasteiger partial charge on any atom is 0.0839 e. The Labute approximate surface area is 103 Å². The van der Waals surface area contributed by atoms with E-state index in [1.165, 1.54) is 0 Å². The van der Waals surface area contributed by atoms with Gasteiger partial charge in [-0.05, 0) is 26.5 Å². The molecule has 0 bridgehead atoms. The van der Waals surface area contributed by atoms with Gasteiger partial charge in [-0.2, -0.15) is 5.26 Å². The standard InChI is InChI=1S/C14H20N2O/c1-14(2,17)11-16(3)10-13(9-15)12-7-5-4-6-8-12/h4-8,13,17H,10-11H2,1-3H3. The zero-order chi connectivity index (χ0) is 12.9. The third-order valence-corrected chi connectivity index (χ3v) is 2.51. The van der Waals surface area contributed by atoms with Gasteiger partial charge in [-0.1, -0.05) is 30.3 Å². The van der Waals surface area contributed by atoms with Crippen molar-refractivity contribution in [3.05, 3.63) is 35.9 Å². The van der Waals surface area contributed by atoms with Gasteiger partial charge in [0.05, 0.1) is 17.6 Å². The van der Waals surface area contributed by atoms with Crippen LogP contribution in [0.15, 0.2) is 30.3 Å². The topological polar surface area (TPSA) is 47.3 Å². The van der Waals surface area contributed by atoms with E-state index in [1.54, 1.807) is 13.8 Å². The summed E-state index contributed by atoms with van der Waals surface area (Å²) in [4.78, 5) is 1.99. The molecule has 17 heavy (non-hydrogen) atoms. The molecule has 0 spiro atoms. The third-order valence-electron chi connectivity index (χ3n) is 2.51. The van der Waals surface area contributed by atoms with Crippen molar-refractivity contribution in [1.29, 1.82) is 5.26 Å². The normalized spacial score (nSPS) is 13.4. The number of nitrogens with zero attached hydrogens (tertiary/aromatic N) is 2. The molecule has 1 rings (SSSR count). The zero-order valence-corrected chi connectivity index (χ0v) is 10.7. The predicted octanol–water partition coefficient (Wildman–Crippen LogP) is 2.00. The number of hydrogen-bond acceptors (Lipinski definition) is 3. The molecular weight excluding hydrogens is 212 g/mol. The summed E-state index contributed by atoms with van der Waals surface area (Å²) < 4.78 is 0. The first-order valence-corrected chi connectivity index (χ1v) is 5.78. The van der Waals surface area contributed by atoms with Gasteiger partial charge in [0.15, 0.2) is 0 Å². The smallest absolute Gasteiger partial charge is 0.0839 e. The Balaban J connectivity index is 2.63. The summed E-state index contributed by atoms with van der Waals surface area (Å²) in [5.74, 6) is -0.149. The van der Waals surface area contributed by atoms with Crippen LogP contribution < -0.4 is 0 Å². The van der Waals surface area contributed by atoms with Crippen LogP contribution >= 0.6 is 0 Å². The average Bonchev–Trinajstić information content (AvgIpc) is 2.24. The highest BCUT2D eigenvalue weighted by molar-refractivity contribution is 5.25. The van der Waals surface area contributed by atoms with E-state index in [2.05, 4.69) is 6.07 Å². The van der Waals surface area contributed by atoms with E-state index < -0.39 is 5.60 Å². The van der Waals surface area contributed by atoms with E-state index >= 15 is 0 Å². The summed E-state index contributed by atoms with van der Waals surface area (Å²) in [5.41, 5.74) is 0.295. The molecule has 0 radical (unpaired) electrons. The second kappa shape index (κ2) is 5.81. The molecule has 0 aliphatic carbocycles. The number of nitriles is 1. The molecule has 0 aliphatic heterocycles. The van der Waals surface area contributed by atoms with Crippen LogP contribution in [0.4, 0.5) is 0 Å². The third kappa shape index (κ3) is 4.99. The van der Waals surface area contributed by atoms with Crippen molar-refractivity contribution < 1.29 is 5.11 Å². The van der Waals surface area contributed by atoms with Crippen LogP contribution in [-0.2, 0) is 0 Å². The van der Waals surface area contributed by atoms with Crippen molar-refractivity contribution in [3.63, 3.8) is 0 Å². The van der Waals surface area contributed by atoms with Crippen molar-refractivity contribution >= 4 is 0 Å². The van der Waals surface area contributed by atoms with Crippen molar-refractivity contribution in [2.45, 2.75) is 25.4 Å². The van der Waals surface area contributed by atoms with Gasteiger partial charge in [0, 0.05) is 13.1 Å². The lowest BCUT2D eigenvalue weighted by molar-refractivity contribution is 0.0441. The van der Waals surface area contributed by atoms with Crippen LogP contribution in [0.5, 0.6) is 0 Å². The molecule has 92 valence electrons. The van der Waals surface area contributed by atoms with Crippen LogP contribution in [0.1, 0.15) is 25.3 Å². The number of hydrogen-bond donors (Lipinski definition) is 1. The molecule has 0 heterocycles. The van der Waals surface area contributed by atoms with Gasteiger partial charge < -0.3 is 10.0 Å². The molecule has 0 amide bonds. The Morgan fingerprint density at radius 3 is 2.41 bits per heavy atom. The predicted molar refractivity (Wildman–Crippen MR) is 68.6 cm³/mol. The molecule has 0 saturated carbocycles. The number of benzene rings is 1. The van der Waals surface area contributed by atoms with E-state index in [0.29, 0.717) is 13.1 Å². The SMILES string of the molecule is CN(CC(C#N)c1ccccc1)CC(C)(C)O. The van der Waals surface area contributed by atoms with Gasteiger partial charge in [0.25, 0.3) is 0 Å². The minimum Gasteiger partial charge on any atom is -0.389 e. The second-order valence-electron chi connectivity index (χ2n) is 5.10. The summed E-state index contributed by atoms with van der Waals surface area (Å²) in [5, 5.41) is 18.9. The lowest BCUT2D eigenvalue weighted by atomic mass is 9.99. The van der Waals surface area contributed by atoms with Crippen LogP contribution in [0, 0.1) is 11.3 Å². The molecule has 3 heteroatoms. The lowest BCUT2D eigenvalue weighted by Crippen LogP contribution is -2.38. The summed E-state index contributed by atoms with van der Waals surface area (Å²) in [7, 11) is 1.92. The van der Waals surface area contributed by atoms with Gasteiger partial charge >= 0.3 is 0 Å². The molecule has 1 N–H and O–H groups in total. The summed E-state index contributed by atoms with van der Waals surface area (Å²) >= 11 is 0. The van der Waals surface area contributed by atoms with Gasteiger partial charge in [-0.25, -0.2) is 0 Å². The molecular formula is C14H20N2O. The van der Waals surface area contributed by atoms with Crippen LogP contribution in [-0.4, -0.2) is 35.7 Å². The fourth-order valence-electron chi connectivity index (χ4n) is 1.94. The highest BCUT2D eigenvalue weighted by atomic mass is 16.3. The number of rotatable bonds is 5. The highest BCUT2D eigenvalue weighted by Gasteiger charge is 2.19. The van der Waals surface area contributed by atoms with Crippen molar-refractivity contribution in [3.8, 4) is 6.07 Å². The Bertz CT molecular complexity index is 375. The van der Waals surface area contributed by atoms with Crippen LogP contribution in [0.25, 0.3) is 0 Å². The average molecular weight is 232 g/mol. The molecule has 1 atom stereocenters. The van der Waals surface area contributed by atoms with Crippen LogP contribution in [0.3, 0.4) is 0 Å². The molecule has 3 nitrogen and oxygen atoms in total. The summed E-state index contributed by atoms with van der Waals surface area (Å²) in [6.07, 6.45) is 0. The molecule has 0 saturated heterocycles. The van der Waals surface area contributed by atoms with Gasteiger partial charge in [0.2, 0.25) is 0 Å². The second-order valence-corrected chi connectivity index (χ2v) is 5.10. The minimum absolute atomic E-state index is 0.149. The maximum atomic E-state index is 9.72. The molecule has 0 aromatic heterocycles. The largest absolute Gasteiger partial charge is 0.389 e. The Kier molecular flexibility index (Phi) is 4.68. The highest BCUT2D eigenvalue weighted by Crippen LogP contribution is 2.16. The van der Waals surface area contributed by atoms with Gasteiger partial charge in [-0.15, -0.1) is 0 Å². The molecule has 1 aromatic rings. The Hall–Kier alpha value is -1.37. The van der Waals surface area contributed by atoms with E-state index in [0.717, 1.165) is 5.56 Å². The van der Waals surface area contributed by atoms with Crippen LogP contribution in [0.2, 0.25) is 0 Å². The van der Waals surface area contributed by atoms with Gasteiger partial charge in [-0.3, -0.25) is 0 Å². The van der Waals surface area contributed by atoms with E-state index in [4.69, 9.17) is 0 Å². The fraction of sp³-hybridized carbons (Fsp3) is 0.500. The quantitative estimate of drug-likeness (QED) is 0.844. The lowest BCUT2D eigenvalue weighted by Gasteiger charge is -2.26. The van der Waals surface area contributed by atoms with E-state index in [1.807, 2.05) is 42.3 Å². The number of aliphatic hydroxyl groups is 1. The number of likely N-dealkylation sites (N-methyl/N-ethyl adjacent to an activating group) is 1. The molecule has 1 unspecified atom stereocenters. The Morgan fingerprint density at radius 2 is 1.94 bits per heavy atom. The summed E-state index contributed by atoms with van der Waals surface area (Å²) in [6, 6.07) is 12.1. The van der Waals surface area contributed by atoms with Crippen molar-refractivity contribution in [2.24, 2.45) is 0 Å². The first-order valence-electron chi connectivity index (χ1n) is 5.78.